The van der Waals surface area contributed by atoms with Gasteiger partial charge in [-0.05, 0) is 31.5 Å². The molecule has 92 valence electrons. The molecular weight excluding hydrogens is 286 g/mol. The van der Waals surface area contributed by atoms with E-state index in [4.69, 9.17) is 4.74 Å². The van der Waals surface area contributed by atoms with Crippen LogP contribution in [0.5, 0.6) is 5.75 Å². The van der Waals surface area contributed by atoms with Crippen molar-refractivity contribution in [3.63, 3.8) is 0 Å². The molecule has 0 aliphatic heterocycles. The zero-order valence-corrected chi connectivity index (χ0v) is 11.3. The molecule has 1 amide bonds. The molecule has 5 heteroatoms. The second kappa shape index (κ2) is 6.39. The maximum absolute atomic E-state index is 11.3. The summed E-state index contributed by atoms with van der Waals surface area (Å²) in [7, 11) is 0. The van der Waals surface area contributed by atoms with Gasteiger partial charge in [-0.15, -0.1) is 0 Å². The summed E-state index contributed by atoms with van der Waals surface area (Å²) in [4.78, 5) is 22.2. The van der Waals surface area contributed by atoms with E-state index in [1.54, 1.807) is 6.07 Å². The van der Waals surface area contributed by atoms with Crippen molar-refractivity contribution in [2.24, 2.45) is 0 Å². The second-order valence-electron chi connectivity index (χ2n) is 3.50. The van der Waals surface area contributed by atoms with Crippen molar-refractivity contribution >= 4 is 28.1 Å². The number of hydrogen-bond acceptors (Lipinski definition) is 3. The molecule has 0 radical (unpaired) electrons. The Morgan fingerprint density at radius 2 is 2.24 bits per heavy atom. The summed E-state index contributed by atoms with van der Waals surface area (Å²) in [6.07, 6.45) is 0.713. The van der Waals surface area contributed by atoms with Gasteiger partial charge in [-0.1, -0.05) is 15.9 Å². The fraction of sp³-hybridized carbons (Fsp3) is 0.333. The lowest BCUT2D eigenvalue weighted by atomic mass is 10.1. The third kappa shape index (κ3) is 3.85. The molecule has 0 spiro atoms. The first-order chi connectivity index (χ1) is 8.08. The highest BCUT2D eigenvalue weighted by molar-refractivity contribution is 9.10. The Hall–Kier alpha value is -1.36. The summed E-state index contributed by atoms with van der Waals surface area (Å²) in [6, 6.07) is 3.49. The fourth-order valence-electron chi connectivity index (χ4n) is 1.43. The summed E-state index contributed by atoms with van der Waals surface area (Å²) in [5.41, 5.74) is 1.24. The molecule has 0 atom stereocenters. The number of nitrogens with one attached hydrogen (secondary N) is 1. The number of ether oxygens (including phenoxy) is 1. The maximum Gasteiger partial charge on any atom is 0.257 e. The predicted molar refractivity (Wildman–Crippen MR) is 68.4 cm³/mol. The van der Waals surface area contributed by atoms with Crippen LogP contribution in [0.4, 0.5) is 0 Å². The van der Waals surface area contributed by atoms with Crippen molar-refractivity contribution in [3.05, 3.63) is 27.7 Å². The summed E-state index contributed by atoms with van der Waals surface area (Å²) >= 11 is 3.30. The topological polar surface area (TPSA) is 55.4 Å². The number of benzene rings is 1. The van der Waals surface area contributed by atoms with Gasteiger partial charge >= 0.3 is 0 Å². The average Bonchev–Trinajstić information content (AvgIpc) is 2.27. The van der Waals surface area contributed by atoms with E-state index in [2.05, 4.69) is 21.2 Å². The zero-order chi connectivity index (χ0) is 12.8. The third-order valence-electron chi connectivity index (χ3n) is 2.12. The van der Waals surface area contributed by atoms with Crippen LogP contribution in [0.1, 0.15) is 22.8 Å². The predicted octanol–water partition coefficient (Wildman–Crippen LogP) is 2.08. The summed E-state index contributed by atoms with van der Waals surface area (Å²) in [5, 5.41) is 2.62. The highest BCUT2D eigenvalue weighted by Gasteiger charge is 2.10. The van der Waals surface area contributed by atoms with Gasteiger partial charge in [0, 0.05) is 11.0 Å². The van der Waals surface area contributed by atoms with Crippen LogP contribution in [0.25, 0.3) is 0 Å². The Balaban J connectivity index is 2.83. The van der Waals surface area contributed by atoms with Gasteiger partial charge in [-0.25, -0.2) is 0 Å². The van der Waals surface area contributed by atoms with Crippen molar-refractivity contribution in [1.29, 1.82) is 0 Å². The van der Waals surface area contributed by atoms with E-state index in [0.29, 0.717) is 24.1 Å². The van der Waals surface area contributed by atoms with Gasteiger partial charge in [-0.2, -0.15) is 0 Å². The number of rotatable bonds is 5. The van der Waals surface area contributed by atoms with Gasteiger partial charge in [-0.3, -0.25) is 9.59 Å². The Kier molecular flexibility index (Phi) is 5.15. The van der Waals surface area contributed by atoms with Gasteiger partial charge in [0.1, 0.15) is 5.75 Å². The average molecular weight is 300 g/mol. The Labute approximate surface area is 108 Å². The van der Waals surface area contributed by atoms with Gasteiger partial charge in [0.15, 0.2) is 12.9 Å². The minimum absolute atomic E-state index is 0.0862. The standard InChI is InChI=1S/C12H14BrNO3/c1-3-14-11(16)7-17-12-8(2)4-10(13)5-9(12)6-15/h4-6H,3,7H2,1-2H3,(H,14,16). The number of amides is 1. The molecule has 0 aliphatic rings. The summed E-state index contributed by atoms with van der Waals surface area (Å²) in [6.45, 7) is 4.13. The first-order valence-corrected chi connectivity index (χ1v) is 6.02. The van der Waals surface area contributed by atoms with Crippen LogP contribution in [-0.4, -0.2) is 25.3 Å². The van der Waals surface area contributed by atoms with Gasteiger partial charge in [0.05, 0.1) is 5.56 Å². The monoisotopic (exact) mass is 299 g/mol. The normalized spacial score (nSPS) is 9.82. The molecule has 1 N–H and O–H groups in total. The van der Waals surface area contributed by atoms with Crippen molar-refractivity contribution < 1.29 is 14.3 Å². The van der Waals surface area contributed by atoms with E-state index in [1.807, 2.05) is 19.9 Å². The fourth-order valence-corrected chi connectivity index (χ4v) is 2.02. The minimum atomic E-state index is -0.202. The van der Waals surface area contributed by atoms with E-state index < -0.39 is 0 Å². The third-order valence-corrected chi connectivity index (χ3v) is 2.57. The number of halogens is 1. The largest absolute Gasteiger partial charge is 0.483 e. The molecule has 1 aromatic rings. The summed E-state index contributed by atoms with van der Waals surface area (Å²) < 4.78 is 6.17. The Morgan fingerprint density at radius 1 is 1.53 bits per heavy atom. The molecule has 0 saturated heterocycles. The molecule has 0 saturated carbocycles. The van der Waals surface area contributed by atoms with Crippen LogP contribution >= 0.6 is 15.9 Å². The minimum Gasteiger partial charge on any atom is -0.483 e. The van der Waals surface area contributed by atoms with Crippen LogP contribution in [0.3, 0.4) is 0 Å². The van der Waals surface area contributed by atoms with E-state index in [1.165, 1.54) is 0 Å². The van der Waals surface area contributed by atoms with Crippen molar-refractivity contribution in [2.75, 3.05) is 13.2 Å². The van der Waals surface area contributed by atoms with E-state index >= 15 is 0 Å². The lowest BCUT2D eigenvalue weighted by Crippen LogP contribution is -2.28. The summed E-state index contributed by atoms with van der Waals surface area (Å²) in [5.74, 6) is 0.251. The molecule has 17 heavy (non-hydrogen) atoms. The van der Waals surface area contributed by atoms with E-state index in [9.17, 15) is 9.59 Å². The molecule has 0 fully saturated rings. The highest BCUT2D eigenvalue weighted by atomic mass is 79.9. The van der Waals surface area contributed by atoms with E-state index in [0.717, 1.165) is 10.0 Å². The number of likely N-dealkylation sites (N-methyl/N-ethyl adjacent to an activating group) is 1. The van der Waals surface area contributed by atoms with Gasteiger partial charge in [0.25, 0.3) is 5.91 Å². The molecule has 4 nitrogen and oxygen atoms in total. The highest BCUT2D eigenvalue weighted by Crippen LogP contribution is 2.26. The van der Waals surface area contributed by atoms with Crippen LogP contribution in [-0.2, 0) is 4.79 Å². The number of aldehydes is 1. The first kappa shape index (κ1) is 13.7. The van der Waals surface area contributed by atoms with Crippen LogP contribution in [0, 0.1) is 6.92 Å². The second-order valence-corrected chi connectivity index (χ2v) is 4.42. The SMILES string of the molecule is CCNC(=O)COc1c(C)cc(Br)cc1C=O. The molecule has 1 rings (SSSR count). The Bertz CT molecular complexity index is 432. The van der Waals surface area contributed by atoms with Gasteiger partial charge < -0.3 is 10.1 Å². The Morgan fingerprint density at radius 3 is 2.82 bits per heavy atom. The molecule has 0 unspecified atom stereocenters. The smallest absolute Gasteiger partial charge is 0.257 e. The quantitative estimate of drug-likeness (QED) is 0.847. The van der Waals surface area contributed by atoms with Crippen LogP contribution < -0.4 is 10.1 Å². The molecular formula is C12H14BrNO3. The number of hydrogen-bond donors (Lipinski definition) is 1. The maximum atomic E-state index is 11.3. The first-order valence-electron chi connectivity index (χ1n) is 5.23. The number of aryl methyl sites for hydroxylation is 1. The van der Waals surface area contributed by atoms with Crippen LogP contribution in [0.15, 0.2) is 16.6 Å². The van der Waals surface area contributed by atoms with Crippen molar-refractivity contribution in [2.45, 2.75) is 13.8 Å². The number of carbonyl (C=O) groups is 2. The van der Waals surface area contributed by atoms with Crippen molar-refractivity contribution in [3.8, 4) is 5.75 Å². The lowest BCUT2D eigenvalue weighted by molar-refractivity contribution is -0.123. The molecule has 0 heterocycles. The van der Waals surface area contributed by atoms with Crippen LogP contribution in [0.2, 0.25) is 0 Å². The number of carbonyl (C=O) groups excluding carboxylic acids is 2. The van der Waals surface area contributed by atoms with Gasteiger partial charge in [0.2, 0.25) is 0 Å². The molecule has 0 bridgehead atoms. The molecule has 0 aromatic heterocycles. The molecule has 1 aromatic carbocycles. The lowest BCUT2D eigenvalue weighted by Gasteiger charge is -2.11. The zero-order valence-electron chi connectivity index (χ0n) is 9.75. The van der Waals surface area contributed by atoms with E-state index in [-0.39, 0.29) is 12.5 Å². The molecule has 0 aliphatic carbocycles. The van der Waals surface area contributed by atoms with Crippen molar-refractivity contribution in [1.82, 2.24) is 5.32 Å².